The summed E-state index contributed by atoms with van der Waals surface area (Å²) in [5.41, 5.74) is 1.01. The first kappa shape index (κ1) is 15.9. The normalized spacial score (nSPS) is 22.8. The molecular formula is C15H19NO4S. The van der Waals surface area contributed by atoms with Crippen LogP contribution in [0.15, 0.2) is 29.2 Å². The first-order chi connectivity index (χ1) is 10.0. The third-order valence-electron chi connectivity index (χ3n) is 3.56. The topological polar surface area (TPSA) is 75.6 Å². The highest BCUT2D eigenvalue weighted by molar-refractivity contribution is 7.98. The van der Waals surface area contributed by atoms with Crippen LogP contribution < -0.4 is 5.32 Å². The number of hydrogen-bond acceptors (Lipinski definition) is 4. The number of thioether (sulfide) groups is 1. The Morgan fingerprint density at radius 3 is 2.43 bits per heavy atom. The lowest BCUT2D eigenvalue weighted by molar-refractivity contribution is -0.151. The Morgan fingerprint density at radius 1 is 1.29 bits per heavy atom. The van der Waals surface area contributed by atoms with Crippen molar-refractivity contribution in [2.45, 2.75) is 42.9 Å². The highest BCUT2D eigenvalue weighted by Crippen LogP contribution is 2.22. The molecule has 1 heterocycles. The molecule has 1 aromatic rings. The van der Waals surface area contributed by atoms with Crippen molar-refractivity contribution in [1.29, 1.82) is 0 Å². The fourth-order valence-electron chi connectivity index (χ4n) is 2.29. The van der Waals surface area contributed by atoms with Crippen molar-refractivity contribution in [3.05, 3.63) is 29.8 Å². The van der Waals surface area contributed by atoms with E-state index in [4.69, 9.17) is 9.84 Å². The second kappa shape index (κ2) is 6.95. The Labute approximate surface area is 128 Å². The van der Waals surface area contributed by atoms with Gasteiger partial charge in [-0.05, 0) is 43.7 Å². The summed E-state index contributed by atoms with van der Waals surface area (Å²) in [7, 11) is 0. The molecule has 0 aliphatic carbocycles. The summed E-state index contributed by atoms with van der Waals surface area (Å²) < 4.78 is 5.24. The first-order valence-electron chi connectivity index (χ1n) is 6.84. The molecule has 1 fully saturated rings. The van der Waals surface area contributed by atoms with Gasteiger partial charge in [-0.1, -0.05) is 12.1 Å². The molecule has 5 nitrogen and oxygen atoms in total. The summed E-state index contributed by atoms with van der Waals surface area (Å²) in [6.07, 6.45) is 1.30. The van der Waals surface area contributed by atoms with Crippen LogP contribution in [0.1, 0.15) is 31.4 Å². The van der Waals surface area contributed by atoms with E-state index in [0.29, 0.717) is 12.8 Å². The number of hydrogen-bond donors (Lipinski definition) is 2. The Kier molecular flexibility index (Phi) is 5.25. The van der Waals surface area contributed by atoms with Crippen LogP contribution in [0.5, 0.6) is 0 Å². The molecule has 6 heteroatoms. The zero-order valence-electron chi connectivity index (χ0n) is 12.0. The summed E-state index contributed by atoms with van der Waals surface area (Å²) in [6.45, 7) is 1.90. The fraction of sp³-hybridized carbons (Fsp3) is 0.467. The molecule has 0 saturated carbocycles. The molecule has 1 saturated heterocycles. The van der Waals surface area contributed by atoms with Gasteiger partial charge in [0.1, 0.15) is 6.10 Å². The smallest absolute Gasteiger partial charge is 0.332 e. The largest absolute Gasteiger partial charge is 0.479 e. The number of carboxylic acid groups (broad SMARTS) is 1. The molecule has 1 unspecified atom stereocenters. The van der Waals surface area contributed by atoms with Crippen LogP contribution in [0, 0.1) is 0 Å². The van der Waals surface area contributed by atoms with Gasteiger partial charge >= 0.3 is 5.97 Å². The van der Waals surface area contributed by atoms with Crippen molar-refractivity contribution in [3.63, 3.8) is 0 Å². The van der Waals surface area contributed by atoms with Crippen LogP contribution in [-0.4, -0.2) is 35.4 Å². The molecule has 1 aromatic carbocycles. The molecule has 3 atom stereocenters. The Morgan fingerprint density at radius 2 is 1.90 bits per heavy atom. The lowest BCUT2D eigenvalue weighted by atomic mass is 10.1. The minimum Gasteiger partial charge on any atom is -0.479 e. The number of ether oxygens (including phenoxy) is 1. The predicted octanol–water partition coefficient (Wildman–Crippen LogP) is 2.22. The Balaban J connectivity index is 1.91. The van der Waals surface area contributed by atoms with Crippen LogP contribution in [0.2, 0.25) is 0 Å². The van der Waals surface area contributed by atoms with Crippen molar-refractivity contribution in [2.24, 2.45) is 0 Å². The maximum atomic E-state index is 12.1. The van der Waals surface area contributed by atoms with E-state index in [9.17, 15) is 9.59 Å². The van der Waals surface area contributed by atoms with E-state index in [1.807, 2.05) is 37.4 Å². The van der Waals surface area contributed by atoms with E-state index in [1.54, 1.807) is 11.8 Å². The van der Waals surface area contributed by atoms with Crippen LogP contribution >= 0.6 is 11.8 Å². The van der Waals surface area contributed by atoms with Gasteiger partial charge in [0, 0.05) is 4.90 Å². The van der Waals surface area contributed by atoms with Crippen LogP contribution in [0.4, 0.5) is 0 Å². The monoisotopic (exact) mass is 309 g/mol. The van der Waals surface area contributed by atoms with Gasteiger partial charge in [-0.3, -0.25) is 4.79 Å². The predicted molar refractivity (Wildman–Crippen MR) is 80.3 cm³/mol. The van der Waals surface area contributed by atoms with E-state index < -0.39 is 18.2 Å². The lowest BCUT2D eigenvalue weighted by Gasteiger charge is -2.18. The second-order valence-electron chi connectivity index (χ2n) is 5.03. The molecule has 1 amide bonds. The zero-order valence-corrected chi connectivity index (χ0v) is 12.9. The van der Waals surface area contributed by atoms with E-state index >= 15 is 0 Å². The van der Waals surface area contributed by atoms with Crippen molar-refractivity contribution in [1.82, 2.24) is 5.32 Å². The third-order valence-corrected chi connectivity index (χ3v) is 4.31. The van der Waals surface area contributed by atoms with Crippen LogP contribution in [0.25, 0.3) is 0 Å². The molecule has 2 N–H and O–H groups in total. The lowest BCUT2D eigenvalue weighted by Crippen LogP contribution is -2.37. The van der Waals surface area contributed by atoms with Gasteiger partial charge < -0.3 is 15.2 Å². The van der Waals surface area contributed by atoms with Crippen LogP contribution in [0.3, 0.4) is 0 Å². The minimum atomic E-state index is -1.01. The second-order valence-corrected chi connectivity index (χ2v) is 5.91. The number of nitrogens with one attached hydrogen (secondary N) is 1. The molecule has 114 valence electrons. The molecule has 21 heavy (non-hydrogen) atoms. The number of carbonyl (C=O) groups excluding carboxylic acids is 1. The highest BCUT2D eigenvalue weighted by atomic mass is 32.2. The molecule has 1 aliphatic heterocycles. The van der Waals surface area contributed by atoms with Gasteiger partial charge in [0.15, 0.2) is 6.10 Å². The van der Waals surface area contributed by atoms with Crippen LogP contribution in [-0.2, 0) is 14.3 Å². The van der Waals surface area contributed by atoms with Gasteiger partial charge in [-0.25, -0.2) is 4.79 Å². The summed E-state index contributed by atoms with van der Waals surface area (Å²) >= 11 is 1.66. The maximum absolute atomic E-state index is 12.1. The molecule has 1 aliphatic rings. The van der Waals surface area contributed by atoms with Crippen molar-refractivity contribution < 1.29 is 19.4 Å². The van der Waals surface area contributed by atoms with E-state index in [1.165, 1.54) is 4.90 Å². The number of aliphatic carboxylic acids is 1. The van der Waals surface area contributed by atoms with Gasteiger partial charge in [0.2, 0.25) is 5.91 Å². The molecule has 0 bridgehead atoms. The maximum Gasteiger partial charge on any atom is 0.332 e. The highest BCUT2D eigenvalue weighted by Gasteiger charge is 2.35. The molecule has 0 radical (unpaired) electrons. The number of carbonyl (C=O) groups is 2. The van der Waals surface area contributed by atoms with Crippen molar-refractivity contribution in [2.75, 3.05) is 6.26 Å². The number of benzene rings is 1. The molecule has 0 spiro atoms. The van der Waals surface area contributed by atoms with Gasteiger partial charge in [-0.2, -0.15) is 0 Å². The SMILES string of the molecule is CSc1ccc(C(C)NC(=O)[C@@H]2CC[C@H](C(=O)O)O2)cc1. The zero-order chi connectivity index (χ0) is 15.4. The average molecular weight is 309 g/mol. The minimum absolute atomic E-state index is 0.138. The molecule has 2 rings (SSSR count). The number of carboxylic acids is 1. The Hall–Kier alpha value is -1.53. The van der Waals surface area contributed by atoms with Gasteiger partial charge in [-0.15, -0.1) is 11.8 Å². The summed E-state index contributed by atoms with van der Waals surface area (Å²) in [5, 5.41) is 11.7. The number of rotatable bonds is 5. The third kappa shape index (κ3) is 3.98. The quantitative estimate of drug-likeness (QED) is 0.816. The van der Waals surface area contributed by atoms with Gasteiger partial charge in [0.25, 0.3) is 0 Å². The van der Waals surface area contributed by atoms with Crippen molar-refractivity contribution in [3.8, 4) is 0 Å². The first-order valence-corrected chi connectivity index (χ1v) is 8.06. The number of amides is 1. The van der Waals surface area contributed by atoms with E-state index in [2.05, 4.69) is 5.32 Å². The average Bonchev–Trinajstić information content (AvgIpc) is 2.97. The van der Waals surface area contributed by atoms with Gasteiger partial charge in [0.05, 0.1) is 6.04 Å². The van der Waals surface area contributed by atoms with Crippen molar-refractivity contribution >= 4 is 23.6 Å². The summed E-state index contributed by atoms with van der Waals surface area (Å²) in [5.74, 6) is -1.26. The van der Waals surface area contributed by atoms with E-state index in [-0.39, 0.29) is 11.9 Å². The van der Waals surface area contributed by atoms with E-state index in [0.717, 1.165) is 5.56 Å². The summed E-state index contributed by atoms with van der Waals surface area (Å²) in [6, 6.07) is 7.84. The Bertz CT molecular complexity index is 517. The standard InChI is InChI=1S/C15H19NO4S/c1-9(10-3-5-11(21-2)6-4-10)16-14(17)12-7-8-13(20-12)15(18)19/h3-6,9,12-13H,7-8H2,1-2H3,(H,16,17)(H,18,19)/t9?,12-,13+/m0/s1. The molecule has 0 aromatic heterocycles. The fourth-order valence-corrected chi connectivity index (χ4v) is 2.70. The molecular weight excluding hydrogens is 290 g/mol. The summed E-state index contributed by atoms with van der Waals surface area (Å²) in [4.78, 5) is 24.1.